The summed E-state index contributed by atoms with van der Waals surface area (Å²) in [4.78, 5) is 11.8. The Morgan fingerprint density at radius 1 is 1.08 bits per heavy atom. The van der Waals surface area contributed by atoms with Crippen molar-refractivity contribution in [2.45, 2.75) is 6.36 Å². The summed E-state index contributed by atoms with van der Waals surface area (Å²) >= 11 is 11.7. The first-order chi connectivity index (χ1) is 11.2. The normalized spacial score (nSPS) is 11.5. The molecular weight excluding hydrogens is 366 g/mol. The van der Waals surface area contributed by atoms with Crippen LogP contribution in [0.4, 0.5) is 18.9 Å². The molecule has 0 unspecified atom stereocenters. The van der Waals surface area contributed by atoms with Crippen LogP contribution in [-0.2, 0) is 4.79 Å². The third-order valence-electron chi connectivity index (χ3n) is 2.73. The van der Waals surface area contributed by atoms with Crippen LogP contribution in [0, 0.1) is 0 Å². The molecule has 0 radical (unpaired) electrons. The van der Waals surface area contributed by atoms with Gasteiger partial charge in [-0.3, -0.25) is 4.79 Å². The molecule has 0 bridgehead atoms. The standard InChI is InChI=1S/C16H10Cl2F3NO2/c17-11-3-1-10(14(18)9-11)2-8-15(23)22-12-4-6-13(7-5-12)24-16(19,20)21/h1-9H,(H,22,23)/b8-2+. The lowest BCUT2D eigenvalue weighted by Crippen LogP contribution is -2.17. The fourth-order valence-corrected chi connectivity index (χ4v) is 2.20. The van der Waals surface area contributed by atoms with E-state index in [1.807, 2.05) is 0 Å². The molecule has 0 fully saturated rings. The van der Waals surface area contributed by atoms with E-state index in [9.17, 15) is 18.0 Å². The Balaban J connectivity index is 1.98. The molecule has 3 nitrogen and oxygen atoms in total. The highest BCUT2D eigenvalue weighted by Gasteiger charge is 2.30. The summed E-state index contributed by atoms with van der Waals surface area (Å²) in [7, 11) is 0. The molecule has 0 saturated heterocycles. The minimum Gasteiger partial charge on any atom is -0.406 e. The summed E-state index contributed by atoms with van der Waals surface area (Å²) in [6.07, 6.45) is -2.02. The monoisotopic (exact) mass is 375 g/mol. The van der Waals surface area contributed by atoms with Crippen molar-refractivity contribution in [3.05, 3.63) is 64.1 Å². The molecule has 0 aromatic heterocycles. The van der Waals surface area contributed by atoms with E-state index in [2.05, 4.69) is 10.1 Å². The second kappa shape index (κ2) is 7.59. The first kappa shape index (κ1) is 18.2. The number of ether oxygens (including phenoxy) is 1. The maximum Gasteiger partial charge on any atom is 0.573 e. The van der Waals surface area contributed by atoms with Gasteiger partial charge in [-0.2, -0.15) is 0 Å². The molecule has 1 amide bonds. The number of halogens is 5. The van der Waals surface area contributed by atoms with Gasteiger partial charge in [0.25, 0.3) is 0 Å². The molecule has 126 valence electrons. The lowest BCUT2D eigenvalue weighted by molar-refractivity contribution is -0.274. The van der Waals surface area contributed by atoms with Gasteiger partial charge < -0.3 is 10.1 Å². The molecule has 1 N–H and O–H groups in total. The van der Waals surface area contributed by atoms with E-state index >= 15 is 0 Å². The van der Waals surface area contributed by atoms with Crippen molar-refractivity contribution in [2.24, 2.45) is 0 Å². The number of amides is 1. The average Bonchev–Trinajstić information content (AvgIpc) is 2.47. The zero-order valence-electron chi connectivity index (χ0n) is 11.9. The highest BCUT2D eigenvalue weighted by atomic mass is 35.5. The van der Waals surface area contributed by atoms with Gasteiger partial charge in [0.15, 0.2) is 0 Å². The highest BCUT2D eigenvalue weighted by Crippen LogP contribution is 2.24. The Labute approximate surface area is 145 Å². The second-order valence-electron chi connectivity index (χ2n) is 4.56. The van der Waals surface area contributed by atoms with Crippen LogP contribution >= 0.6 is 23.2 Å². The number of rotatable bonds is 4. The molecule has 2 aromatic carbocycles. The van der Waals surface area contributed by atoms with Gasteiger partial charge >= 0.3 is 6.36 Å². The number of alkyl halides is 3. The van der Waals surface area contributed by atoms with Crippen molar-refractivity contribution < 1.29 is 22.7 Å². The van der Waals surface area contributed by atoms with E-state index in [0.717, 1.165) is 12.1 Å². The van der Waals surface area contributed by atoms with E-state index in [0.29, 0.717) is 21.3 Å². The first-order valence-corrected chi connectivity index (χ1v) is 7.28. The summed E-state index contributed by atoms with van der Waals surface area (Å²) in [6, 6.07) is 9.61. The number of anilines is 1. The van der Waals surface area contributed by atoms with Gasteiger partial charge in [-0.05, 0) is 48.0 Å². The highest BCUT2D eigenvalue weighted by molar-refractivity contribution is 6.35. The predicted molar refractivity (Wildman–Crippen MR) is 87.3 cm³/mol. The van der Waals surface area contributed by atoms with Crippen LogP contribution in [0.5, 0.6) is 5.75 Å². The van der Waals surface area contributed by atoms with Crippen LogP contribution in [0.1, 0.15) is 5.56 Å². The molecule has 0 aliphatic carbocycles. The predicted octanol–water partition coefficient (Wildman–Crippen LogP) is 5.54. The van der Waals surface area contributed by atoms with Crippen LogP contribution in [0.15, 0.2) is 48.5 Å². The zero-order valence-corrected chi connectivity index (χ0v) is 13.4. The summed E-state index contributed by atoms with van der Waals surface area (Å²) in [6.45, 7) is 0. The Kier molecular flexibility index (Phi) is 5.75. The summed E-state index contributed by atoms with van der Waals surface area (Å²) in [5, 5.41) is 3.37. The van der Waals surface area contributed by atoms with Crippen molar-refractivity contribution in [2.75, 3.05) is 5.32 Å². The van der Waals surface area contributed by atoms with Gasteiger partial charge in [0.2, 0.25) is 5.91 Å². The average molecular weight is 376 g/mol. The molecular formula is C16H10Cl2F3NO2. The number of benzene rings is 2. The topological polar surface area (TPSA) is 38.3 Å². The van der Waals surface area contributed by atoms with E-state index in [1.54, 1.807) is 18.2 Å². The van der Waals surface area contributed by atoms with Crippen LogP contribution in [0.3, 0.4) is 0 Å². The molecule has 0 spiro atoms. The van der Waals surface area contributed by atoms with E-state index in [1.165, 1.54) is 24.3 Å². The maximum absolute atomic E-state index is 12.1. The van der Waals surface area contributed by atoms with Gasteiger partial charge in [-0.15, -0.1) is 13.2 Å². The third-order valence-corrected chi connectivity index (χ3v) is 3.29. The Morgan fingerprint density at radius 3 is 2.33 bits per heavy atom. The number of nitrogens with one attached hydrogen (secondary N) is 1. The molecule has 2 rings (SSSR count). The lowest BCUT2D eigenvalue weighted by Gasteiger charge is -2.09. The van der Waals surface area contributed by atoms with Crippen LogP contribution in [0.2, 0.25) is 10.0 Å². The van der Waals surface area contributed by atoms with Crippen molar-refractivity contribution >= 4 is 40.9 Å². The Bertz CT molecular complexity index is 759. The quantitative estimate of drug-likeness (QED) is 0.712. The number of carbonyl (C=O) groups is 1. The fourth-order valence-electron chi connectivity index (χ4n) is 1.73. The molecule has 24 heavy (non-hydrogen) atoms. The van der Waals surface area contributed by atoms with Gasteiger partial charge in [0.1, 0.15) is 5.75 Å². The molecule has 8 heteroatoms. The van der Waals surface area contributed by atoms with E-state index in [4.69, 9.17) is 23.2 Å². The summed E-state index contributed by atoms with van der Waals surface area (Å²) in [5.74, 6) is -0.838. The smallest absolute Gasteiger partial charge is 0.406 e. The fraction of sp³-hybridized carbons (Fsp3) is 0.0625. The molecule has 0 saturated carbocycles. The number of carbonyl (C=O) groups excluding carboxylic acids is 1. The SMILES string of the molecule is O=C(/C=C/c1ccc(Cl)cc1Cl)Nc1ccc(OC(F)(F)F)cc1. The first-order valence-electron chi connectivity index (χ1n) is 6.53. The lowest BCUT2D eigenvalue weighted by atomic mass is 10.2. The van der Waals surface area contributed by atoms with Crippen LogP contribution < -0.4 is 10.1 Å². The summed E-state index contributed by atoms with van der Waals surface area (Å²) < 4.78 is 39.9. The summed E-state index contributed by atoms with van der Waals surface area (Å²) in [5.41, 5.74) is 0.923. The van der Waals surface area contributed by atoms with Gasteiger partial charge in [-0.25, -0.2) is 0 Å². The Morgan fingerprint density at radius 2 is 1.75 bits per heavy atom. The van der Waals surface area contributed by atoms with Crippen molar-refractivity contribution in [1.82, 2.24) is 0 Å². The van der Waals surface area contributed by atoms with Gasteiger partial charge in [-0.1, -0.05) is 29.3 Å². The Hall–Kier alpha value is -2.18. The van der Waals surface area contributed by atoms with Crippen molar-refractivity contribution in [1.29, 1.82) is 0 Å². The minimum atomic E-state index is -4.76. The largest absolute Gasteiger partial charge is 0.573 e. The zero-order chi connectivity index (χ0) is 17.7. The molecule has 0 atom stereocenters. The third kappa shape index (κ3) is 5.79. The maximum atomic E-state index is 12.1. The van der Waals surface area contributed by atoms with Crippen molar-refractivity contribution in [3.8, 4) is 5.75 Å². The van der Waals surface area contributed by atoms with Crippen LogP contribution in [0.25, 0.3) is 6.08 Å². The second-order valence-corrected chi connectivity index (χ2v) is 5.40. The molecule has 0 aliphatic heterocycles. The molecule has 2 aromatic rings. The number of hydrogen-bond donors (Lipinski definition) is 1. The molecule has 0 aliphatic rings. The van der Waals surface area contributed by atoms with Gasteiger partial charge in [0.05, 0.1) is 0 Å². The minimum absolute atomic E-state index is 0.321. The van der Waals surface area contributed by atoms with E-state index in [-0.39, 0.29) is 5.75 Å². The number of hydrogen-bond acceptors (Lipinski definition) is 2. The van der Waals surface area contributed by atoms with Crippen LogP contribution in [-0.4, -0.2) is 12.3 Å². The molecule has 0 heterocycles. The van der Waals surface area contributed by atoms with Gasteiger partial charge in [0, 0.05) is 21.8 Å². The van der Waals surface area contributed by atoms with E-state index < -0.39 is 12.3 Å². The van der Waals surface area contributed by atoms with Crippen molar-refractivity contribution in [3.63, 3.8) is 0 Å².